The first-order chi connectivity index (χ1) is 8.33. The summed E-state index contributed by atoms with van der Waals surface area (Å²) in [6.07, 6.45) is 0. The summed E-state index contributed by atoms with van der Waals surface area (Å²) in [5.74, 6) is 1.73. The molecule has 17 heavy (non-hydrogen) atoms. The molecule has 1 atom stereocenters. The maximum Gasteiger partial charge on any atom is 0.149 e. The van der Waals surface area contributed by atoms with E-state index >= 15 is 0 Å². The predicted molar refractivity (Wildman–Crippen MR) is 65.1 cm³/mol. The monoisotopic (exact) mass is 227 g/mol. The molecule has 1 N–H and O–H groups in total. The molecule has 2 aromatic rings. The Hall–Kier alpha value is -2.10. The third kappa shape index (κ3) is 1.93. The lowest BCUT2D eigenvalue weighted by Crippen LogP contribution is -2.13. The number of hydrogen-bond donors (Lipinski definition) is 1. The second-order valence-corrected chi connectivity index (χ2v) is 4.11. The molecule has 0 saturated heterocycles. The number of benzene rings is 1. The number of ether oxygens (including phenoxy) is 1. The van der Waals surface area contributed by atoms with Crippen LogP contribution in [0.2, 0.25) is 0 Å². The highest BCUT2D eigenvalue weighted by Crippen LogP contribution is 2.33. The van der Waals surface area contributed by atoms with Crippen LogP contribution < -0.4 is 10.1 Å². The third-order valence-corrected chi connectivity index (χ3v) is 2.82. The number of nitrogens with one attached hydrogen (secondary N) is 1. The van der Waals surface area contributed by atoms with Gasteiger partial charge in [-0.05, 0) is 25.1 Å². The molecule has 0 amide bonds. The second kappa shape index (κ2) is 4.05. The van der Waals surface area contributed by atoms with Crippen LogP contribution in [0.5, 0.6) is 5.75 Å². The molecule has 0 spiro atoms. The number of anilines is 1. The molecule has 86 valence electrons. The van der Waals surface area contributed by atoms with Gasteiger partial charge in [-0.1, -0.05) is 18.2 Å². The van der Waals surface area contributed by atoms with Gasteiger partial charge < -0.3 is 10.1 Å². The van der Waals surface area contributed by atoms with Crippen molar-refractivity contribution >= 4 is 5.82 Å². The van der Waals surface area contributed by atoms with E-state index in [9.17, 15) is 0 Å². The van der Waals surface area contributed by atoms with Crippen molar-refractivity contribution in [2.45, 2.75) is 13.0 Å². The van der Waals surface area contributed by atoms with E-state index < -0.39 is 0 Å². The van der Waals surface area contributed by atoms with E-state index in [4.69, 9.17) is 4.74 Å². The van der Waals surface area contributed by atoms with Crippen molar-refractivity contribution in [1.29, 1.82) is 0 Å². The quantitative estimate of drug-likeness (QED) is 0.855. The van der Waals surface area contributed by atoms with Crippen LogP contribution in [0.15, 0.2) is 36.4 Å². The Kier molecular flexibility index (Phi) is 2.40. The van der Waals surface area contributed by atoms with E-state index in [1.165, 1.54) is 5.56 Å². The molecule has 0 fully saturated rings. The lowest BCUT2D eigenvalue weighted by atomic mass is 10.1. The van der Waals surface area contributed by atoms with E-state index in [2.05, 4.69) is 21.6 Å². The van der Waals surface area contributed by atoms with Crippen LogP contribution in [0, 0.1) is 6.92 Å². The Morgan fingerprint density at radius 1 is 1.18 bits per heavy atom. The van der Waals surface area contributed by atoms with Gasteiger partial charge in [-0.15, -0.1) is 5.10 Å². The van der Waals surface area contributed by atoms with Crippen LogP contribution in [0.4, 0.5) is 5.82 Å². The Morgan fingerprint density at radius 2 is 2.06 bits per heavy atom. The van der Waals surface area contributed by atoms with Crippen LogP contribution >= 0.6 is 0 Å². The van der Waals surface area contributed by atoms with E-state index in [1.807, 2.05) is 37.3 Å². The molecule has 0 aliphatic carbocycles. The largest absolute Gasteiger partial charge is 0.491 e. The standard InChI is InChI=1S/C13H13N3O/c1-9-6-7-13(16-15-9)14-11-8-17-12-5-3-2-4-10(11)12/h2-7,11H,8H2,1H3,(H,14,16). The third-order valence-electron chi connectivity index (χ3n) is 2.82. The summed E-state index contributed by atoms with van der Waals surface area (Å²) in [4.78, 5) is 0. The van der Waals surface area contributed by atoms with Gasteiger partial charge in [0.25, 0.3) is 0 Å². The Bertz CT molecular complexity index is 524. The fraction of sp³-hybridized carbons (Fsp3) is 0.231. The predicted octanol–water partition coefficient (Wildman–Crippen LogP) is 2.33. The summed E-state index contributed by atoms with van der Waals surface area (Å²) < 4.78 is 5.60. The van der Waals surface area contributed by atoms with Crippen molar-refractivity contribution in [2.24, 2.45) is 0 Å². The first-order valence-corrected chi connectivity index (χ1v) is 5.61. The second-order valence-electron chi connectivity index (χ2n) is 4.11. The van der Waals surface area contributed by atoms with Gasteiger partial charge in [-0.25, -0.2) is 0 Å². The lowest BCUT2D eigenvalue weighted by Gasteiger charge is -2.11. The summed E-state index contributed by atoms with van der Waals surface area (Å²) in [6.45, 7) is 2.56. The van der Waals surface area contributed by atoms with Crippen LogP contribution in [0.25, 0.3) is 0 Å². The molecular formula is C13H13N3O. The molecular weight excluding hydrogens is 214 g/mol. The fourth-order valence-electron chi connectivity index (χ4n) is 1.94. The number of aromatic nitrogens is 2. The van der Waals surface area contributed by atoms with Gasteiger partial charge in [0.15, 0.2) is 0 Å². The van der Waals surface area contributed by atoms with Gasteiger partial charge in [-0.2, -0.15) is 5.10 Å². The Morgan fingerprint density at radius 3 is 2.88 bits per heavy atom. The van der Waals surface area contributed by atoms with Crippen LogP contribution in [-0.4, -0.2) is 16.8 Å². The first kappa shape index (κ1) is 10.1. The number of aryl methyl sites for hydroxylation is 1. The van der Waals surface area contributed by atoms with Gasteiger partial charge in [0.1, 0.15) is 18.2 Å². The van der Waals surface area contributed by atoms with Crippen LogP contribution in [0.1, 0.15) is 17.3 Å². The summed E-state index contributed by atoms with van der Waals surface area (Å²) in [6, 6.07) is 12.1. The minimum absolute atomic E-state index is 0.156. The maximum atomic E-state index is 5.60. The zero-order valence-electron chi connectivity index (χ0n) is 9.55. The molecule has 1 unspecified atom stereocenters. The number of fused-ring (bicyclic) bond motifs is 1. The van der Waals surface area contributed by atoms with Crippen molar-refractivity contribution < 1.29 is 4.74 Å². The van der Waals surface area contributed by atoms with E-state index in [0.717, 1.165) is 17.3 Å². The highest BCUT2D eigenvalue weighted by atomic mass is 16.5. The lowest BCUT2D eigenvalue weighted by molar-refractivity contribution is 0.339. The number of rotatable bonds is 2. The first-order valence-electron chi connectivity index (χ1n) is 5.61. The SMILES string of the molecule is Cc1ccc(NC2COc3ccccc32)nn1. The molecule has 0 bridgehead atoms. The van der Waals surface area contributed by atoms with Crippen LogP contribution in [0.3, 0.4) is 0 Å². The number of para-hydroxylation sites is 1. The zero-order valence-corrected chi connectivity index (χ0v) is 9.55. The van der Waals surface area contributed by atoms with Gasteiger partial charge >= 0.3 is 0 Å². The van der Waals surface area contributed by atoms with Gasteiger partial charge in [0.05, 0.1) is 11.7 Å². The highest BCUT2D eigenvalue weighted by molar-refractivity contribution is 5.45. The van der Waals surface area contributed by atoms with E-state index in [0.29, 0.717) is 6.61 Å². The molecule has 1 aromatic heterocycles. The van der Waals surface area contributed by atoms with Gasteiger partial charge in [-0.3, -0.25) is 0 Å². The highest BCUT2D eigenvalue weighted by Gasteiger charge is 2.23. The minimum atomic E-state index is 0.156. The van der Waals surface area contributed by atoms with Crippen LogP contribution in [-0.2, 0) is 0 Å². The van der Waals surface area contributed by atoms with Gasteiger partial charge in [0.2, 0.25) is 0 Å². The van der Waals surface area contributed by atoms with Crippen molar-refractivity contribution in [3.63, 3.8) is 0 Å². The van der Waals surface area contributed by atoms with Crippen molar-refractivity contribution in [3.8, 4) is 5.75 Å². The molecule has 3 rings (SSSR count). The summed E-state index contributed by atoms with van der Waals surface area (Å²) >= 11 is 0. The average molecular weight is 227 g/mol. The summed E-state index contributed by atoms with van der Waals surface area (Å²) in [5.41, 5.74) is 2.09. The van der Waals surface area contributed by atoms with Gasteiger partial charge in [0, 0.05) is 5.56 Å². The molecule has 0 radical (unpaired) electrons. The normalized spacial score (nSPS) is 17.4. The molecule has 1 aliphatic heterocycles. The summed E-state index contributed by atoms with van der Waals surface area (Å²) in [7, 11) is 0. The number of hydrogen-bond acceptors (Lipinski definition) is 4. The molecule has 1 aromatic carbocycles. The molecule has 4 nitrogen and oxygen atoms in total. The number of nitrogens with zero attached hydrogens (tertiary/aromatic N) is 2. The maximum absolute atomic E-state index is 5.60. The van der Waals surface area contributed by atoms with Crippen molar-refractivity contribution in [2.75, 3.05) is 11.9 Å². The minimum Gasteiger partial charge on any atom is -0.491 e. The molecule has 2 heterocycles. The van der Waals surface area contributed by atoms with Crippen molar-refractivity contribution in [3.05, 3.63) is 47.7 Å². The van der Waals surface area contributed by atoms with E-state index in [1.54, 1.807) is 0 Å². The molecule has 1 aliphatic rings. The van der Waals surface area contributed by atoms with Crippen molar-refractivity contribution in [1.82, 2.24) is 10.2 Å². The smallest absolute Gasteiger partial charge is 0.149 e. The fourth-order valence-corrected chi connectivity index (χ4v) is 1.94. The Balaban J connectivity index is 1.81. The van der Waals surface area contributed by atoms with E-state index in [-0.39, 0.29) is 6.04 Å². The zero-order chi connectivity index (χ0) is 11.7. The summed E-state index contributed by atoms with van der Waals surface area (Å²) in [5, 5.41) is 11.4. The topological polar surface area (TPSA) is 47.0 Å². The molecule has 4 heteroatoms. The molecule has 0 saturated carbocycles. The Labute approximate surface area is 99.6 Å². The average Bonchev–Trinajstić information content (AvgIpc) is 2.76.